The molecule has 2 heterocycles. The smallest absolute Gasteiger partial charge is 0.312 e. The first-order valence-electron chi connectivity index (χ1n) is 14.3. The van der Waals surface area contributed by atoms with E-state index in [-0.39, 0.29) is 38.2 Å². The Balaban J connectivity index is 1.68. The van der Waals surface area contributed by atoms with E-state index in [1.807, 2.05) is 31.2 Å². The quantitative estimate of drug-likeness (QED) is 0.109. The number of Topliss-reactive ketones (excluding diaryl/α,β-unsaturated/α-hetero) is 1. The summed E-state index contributed by atoms with van der Waals surface area (Å²) in [6.45, 7) is 6.96. The average molecular weight is 646 g/mol. The molecule has 2 aromatic rings. The third kappa shape index (κ3) is 8.97. The zero-order valence-corrected chi connectivity index (χ0v) is 26.6. The molecule has 2 aliphatic heterocycles. The summed E-state index contributed by atoms with van der Waals surface area (Å²) in [4.78, 5) is 41.9. The Morgan fingerprint density at radius 2 is 1.75 bits per heavy atom. The van der Waals surface area contributed by atoms with Gasteiger partial charge in [-0.25, -0.2) is 0 Å². The first-order chi connectivity index (χ1) is 21.0. The Hall–Kier alpha value is -3.12. The number of hydrogen-bond acceptors (Lipinski definition) is 10. The second-order valence-electron chi connectivity index (χ2n) is 11.4. The summed E-state index contributed by atoms with van der Waals surface area (Å²) < 4.78 is 31.0. The van der Waals surface area contributed by atoms with Crippen molar-refractivity contribution in [1.29, 1.82) is 0 Å². The summed E-state index contributed by atoms with van der Waals surface area (Å²) in [6, 6.07) is 14.7. The predicted octanol–water partition coefficient (Wildman–Crippen LogP) is 6.50. The van der Waals surface area contributed by atoms with Gasteiger partial charge in [0.25, 0.3) is 0 Å². The molecule has 0 aromatic heterocycles. The molecule has 0 amide bonds. The van der Waals surface area contributed by atoms with Gasteiger partial charge in [-0.05, 0) is 63.9 Å². The van der Waals surface area contributed by atoms with E-state index in [9.17, 15) is 14.4 Å². The SMILES string of the molecule is CC(=O)CCC(=O)O[C@@H]1[C@@H](OC(=O)C(C)(C)CCN=[N+]=[N-])[C@H](Sc2ccc(C)cc2)O[C@@H]2CO[C@@H](c3ccc(Cl)cc3)O[C@@H]12. The molecule has 6 atom stereocenters. The molecule has 0 N–H and O–H groups in total. The summed E-state index contributed by atoms with van der Waals surface area (Å²) in [5.74, 6) is -1.38. The van der Waals surface area contributed by atoms with Crippen LogP contribution in [0.25, 0.3) is 10.4 Å². The monoisotopic (exact) mass is 645 g/mol. The van der Waals surface area contributed by atoms with Crippen LogP contribution in [0, 0.1) is 12.3 Å². The molecule has 13 heteroatoms. The van der Waals surface area contributed by atoms with E-state index in [1.165, 1.54) is 18.7 Å². The highest BCUT2D eigenvalue weighted by Gasteiger charge is 2.54. The molecule has 0 aliphatic carbocycles. The molecule has 2 aliphatic rings. The minimum atomic E-state index is -1.10. The van der Waals surface area contributed by atoms with Crippen molar-refractivity contribution in [3.63, 3.8) is 0 Å². The molecule has 236 valence electrons. The molecule has 2 aromatic carbocycles. The van der Waals surface area contributed by atoms with Crippen LogP contribution in [0.1, 0.15) is 57.5 Å². The molecule has 0 radical (unpaired) electrons. The number of aryl methyl sites for hydroxylation is 1. The number of benzene rings is 2. The van der Waals surface area contributed by atoms with E-state index in [4.69, 9.17) is 40.8 Å². The topological polar surface area (TPSA) is 146 Å². The van der Waals surface area contributed by atoms with E-state index < -0.39 is 53.5 Å². The van der Waals surface area contributed by atoms with Gasteiger partial charge in [0, 0.05) is 33.4 Å². The molecular formula is C31H36ClN3O8S. The van der Waals surface area contributed by atoms with Crippen molar-refractivity contribution < 1.29 is 38.1 Å². The maximum absolute atomic E-state index is 13.6. The number of ether oxygens (including phenoxy) is 5. The van der Waals surface area contributed by atoms with Gasteiger partial charge < -0.3 is 28.5 Å². The molecule has 0 unspecified atom stereocenters. The van der Waals surface area contributed by atoms with Crippen LogP contribution in [0.5, 0.6) is 0 Å². The molecule has 2 saturated heterocycles. The summed E-state index contributed by atoms with van der Waals surface area (Å²) >= 11 is 7.39. The van der Waals surface area contributed by atoms with Gasteiger partial charge in [0.05, 0.1) is 18.4 Å². The van der Waals surface area contributed by atoms with Gasteiger partial charge in [0.15, 0.2) is 18.5 Å². The summed E-state index contributed by atoms with van der Waals surface area (Å²) in [7, 11) is 0. The van der Waals surface area contributed by atoms with Crippen LogP contribution < -0.4 is 0 Å². The van der Waals surface area contributed by atoms with Crippen LogP contribution in [0.15, 0.2) is 58.5 Å². The first-order valence-corrected chi connectivity index (χ1v) is 15.5. The van der Waals surface area contributed by atoms with Crippen molar-refractivity contribution in [3.05, 3.63) is 75.1 Å². The maximum Gasteiger partial charge on any atom is 0.312 e. The van der Waals surface area contributed by atoms with Crippen LogP contribution in [-0.4, -0.2) is 60.7 Å². The number of nitrogens with zero attached hydrogens (tertiary/aromatic N) is 3. The molecule has 2 fully saturated rings. The van der Waals surface area contributed by atoms with Gasteiger partial charge in [-0.15, -0.1) is 0 Å². The minimum absolute atomic E-state index is 0.00591. The number of thioether (sulfide) groups is 1. The van der Waals surface area contributed by atoms with Gasteiger partial charge in [0.1, 0.15) is 23.4 Å². The lowest BCUT2D eigenvalue weighted by molar-refractivity contribution is -0.321. The Morgan fingerprint density at radius 3 is 2.41 bits per heavy atom. The van der Waals surface area contributed by atoms with Gasteiger partial charge in [-0.3, -0.25) is 9.59 Å². The van der Waals surface area contributed by atoms with E-state index in [0.717, 1.165) is 10.5 Å². The Kier molecular flexibility index (Phi) is 11.7. The third-order valence-electron chi connectivity index (χ3n) is 7.34. The highest BCUT2D eigenvalue weighted by atomic mass is 35.5. The number of carbonyl (C=O) groups excluding carboxylic acids is 3. The number of hydrogen-bond donors (Lipinski definition) is 0. The van der Waals surface area contributed by atoms with Crippen molar-refractivity contribution >= 4 is 41.1 Å². The molecular weight excluding hydrogens is 610 g/mol. The summed E-state index contributed by atoms with van der Waals surface area (Å²) in [6.07, 6.45) is -4.46. The number of esters is 2. The maximum atomic E-state index is 13.6. The van der Waals surface area contributed by atoms with Gasteiger partial charge in [0.2, 0.25) is 0 Å². The lowest BCUT2D eigenvalue weighted by atomic mass is 9.89. The normalized spacial score (nSPS) is 24.8. The molecule has 11 nitrogen and oxygen atoms in total. The number of fused-ring (bicyclic) bond motifs is 1. The zero-order valence-electron chi connectivity index (χ0n) is 25.0. The van der Waals surface area contributed by atoms with Crippen LogP contribution in [0.2, 0.25) is 5.02 Å². The highest BCUT2D eigenvalue weighted by Crippen LogP contribution is 2.42. The molecule has 0 saturated carbocycles. The number of carbonyl (C=O) groups is 3. The lowest BCUT2D eigenvalue weighted by Gasteiger charge is -2.48. The lowest BCUT2D eigenvalue weighted by Crippen LogP contribution is -2.63. The average Bonchev–Trinajstić information content (AvgIpc) is 2.99. The fourth-order valence-electron chi connectivity index (χ4n) is 4.69. The molecule has 44 heavy (non-hydrogen) atoms. The number of halogens is 1. The standard InChI is InChI=1S/C31H36ClN3O8S/c1-18-5-12-22(13-6-18)44-29-27(43-30(38)31(3,4)15-16-34-35-33)26(41-24(37)14-7-19(2)36)25-23(40-29)17-39-28(42-25)20-8-10-21(32)11-9-20/h5-6,8-13,23,25-29H,7,14-17H2,1-4H3/t23-,25-,26+,27-,28-,29+/m1/s1. The van der Waals surface area contributed by atoms with Crippen LogP contribution in [0.3, 0.4) is 0 Å². The van der Waals surface area contributed by atoms with E-state index in [1.54, 1.807) is 38.1 Å². The second kappa shape index (κ2) is 15.2. The van der Waals surface area contributed by atoms with E-state index in [2.05, 4.69) is 10.0 Å². The van der Waals surface area contributed by atoms with E-state index >= 15 is 0 Å². The third-order valence-corrected chi connectivity index (χ3v) is 8.75. The summed E-state index contributed by atoms with van der Waals surface area (Å²) in [5.41, 5.74) is 8.63. The fourth-order valence-corrected chi connectivity index (χ4v) is 5.92. The van der Waals surface area contributed by atoms with Crippen molar-refractivity contribution in [2.24, 2.45) is 10.5 Å². The minimum Gasteiger partial charge on any atom is -0.455 e. The molecule has 0 bridgehead atoms. The summed E-state index contributed by atoms with van der Waals surface area (Å²) in [5, 5.41) is 4.10. The number of ketones is 1. The van der Waals surface area contributed by atoms with E-state index in [0.29, 0.717) is 10.6 Å². The van der Waals surface area contributed by atoms with Gasteiger partial charge in [-0.1, -0.05) is 58.3 Å². The Morgan fingerprint density at radius 1 is 1.05 bits per heavy atom. The number of rotatable bonds is 12. The Bertz CT molecular complexity index is 1370. The number of azide groups is 1. The van der Waals surface area contributed by atoms with Crippen molar-refractivity contribution in [2.45, 2.75) is 88.0 Å². The fraction of sp³-hybridized carbons (Fsp3) is 0.516. The molecule has 0 spiro atoms. The highest BCUT2D eigenvalue weighted by molar-refractivity contribution is 7.99. The van der Waals surface area contributed by atoms with Gasteiger partial charge >= 0.3 is 11.9 Å². The second-order valence-corrected chi connectivity index (χ2v) is 13.0. The van der Waals surface area contributed by atoms with Crippen molar-refractivity contribution in [1.82, 2.24) is 0 Å². The Labute approximate surface area is 265 Å². The zero-order chi connectivity index (χ0) is 31.9. The first kappa shape index (κ1) is 33.8. The van der Waals surface area contributed by atoms with Crippen molar-refractivity contribution in [3.8, 4) is 0 Å². The van der Waals surface area contributed by atoms with Crippen LogP contribution in [0.4, 0.5) is 0 Å². The van der Waals surface area contributed by atoms with Crippen LogP contribution >= 0.6 is 23.4 Å². The predicted molar refractivity (Wildman–Crippen MR) is 163 cm³/mol. The largest absolute Gasteiger partial charge is 0.455 e. The van der Waals surface area contributed by atoms with Gasteiger partial charge in [-0.2, -0.15) is 0 Å². The van der Waals surface area contributed by atoms with Crippen LogP contribution in [-0.2, 0) is 38.1 Å². The van der Waals surface area contributed by atoms with Crippen molar-refractivity contribution in [2.75, 3.05) is 13.2 Å². The molecule has 4 rings (SSSR count).